The molecule has 1 aliphatic rings. The van der Waals surface area contributed by atoms with Crippen molar-refractivity contribution in [2.24, 2.45) is 0 Å². The Balaban J connectivity index is 0.000000152. The second kappa shape index (κ2) is 13.9. The standard InChI is InChI=1S/C28H24N4O6.C21H13N3O3/c1-28(2,3)38-27(36)29-13-20(33)32-18-10-9-15(37-4)12-16(18)21-22-24(26(35)30-25(22)34)31-17-8-6-5-7-14(17)11-19(31)23(21)32;1-27-11-6-7-13-12(9-11)16-17-19(21(26)23-20(17)25)24-14-5-3-2-4-10(14)8-15(24)18(16)22-13/h5-12H,13H2,1-4H3,(H,29,36)(H,30,34,35);2-9,26H,1H3,(H,23,25). The minimum absolute atomic E-state index is 0.138. The number of H-pyrrole nitrogens is 1. The molecule has 16 nitrogen and oxygen atoms in total. The summed E-state index contributed by atoms with van der Waals surface area (Å²) in [6.45, 7) is 4.84. The van der Waals surface area contributed by atoms with Crippen molar-refractivity contribution >= 4 is 111 Å². The van der Waals surface area contributed by atoms with Gasteiger partial charge in [0.15, 0.2) is 0 Å². The first-order chi connectivity index (χ1) is 31.3. The minimum Gasteiger partial charge on any atom is -0.497 e. The molecule has 0 saturated heterocycles. The van der Waals surface area contributed by atoms with Crippen LogP contribution in [0.1, 0.15) is 46.4 Å². The molecular weight excluding hydrogens is 831 g/mol. The maximum Gasteiger partial charge on any atom is 0.408 e. The van der Waals surface area contributed by atoms with Gasteiger partial charge >= 0.3 is 6.09 Å². The van der Waals surface area contributed by atoms with E-state index in [1.807, 2.05) is 83.3 Å². The highest BCUT2D eigenvalue weighted by molar-refractivity contribution is 6.33. The molecule has 0 spiro atoms. The second-order valence-corrected chi connectivity index (χ2v) is 16.8. The van der Waals surface area contributed by atoms with E-state index in [-0.39, 0.29) is 29.2 Å². The van der Waals surface area contributed by atoms with Gasteiger partial charge in [-0.3, -0.25) is 34.0 Å². The number of methoxy groups -OCH3 is 2. The molecule has 16 heteroatoms. The van der Waals surface area contributed by atoms with Crippen LogP contribution in [-0.4, -0.2) is 78.6 Å². The predicted molar refractivity (Wildman–Crippen MR) is 246 cm³/mol. The Morgan fingerprint density at radius 2 is 1.35 bits per heavy atom. The number of benzene rings is 4. The smallest absolute Gasteiger partial charge is 0.408 e. The third-order valence-electron chi connectivity index (χ3n) is 11.8. The number of rotatable bonds is 4. The SMILES string of the molecule is COc1ccc2c(c1)c1c3c(n4c5ccccc5cc4c1n2C(=O)CNC(=O)OC(C)(C)C)C(=O)NC3=O.COc1ccc2nc3c(c2c1)c1c(=O)[nH]c(O)c1n1c2ccccc2cc31. The lowest BCUT2D eigenvalue weighted by Crippen LogP contribution is -2.36. The van der Waals surface area contributed by atoms with Crippen molar-refractivity contribution < 1.29 is 38.5 Å². The topological polar surface area (TPSA) is 200 Å². The van der Waals surface area contributed by atoms with Crippen LogP contribution >= 0.6 is 0 Å². The first kappa shape index (κ1) is 39.2. The summed E-state index contributed by atoms with van der Waals surface area (Å²) in [6.07, 6.45) is -0.724. The number of hydrogen-bond donors (Lipinski definition) is 4. The zero-order valence-corrected chi connectivity index (χ0v) is 35.4. The number of pyridine rings is 2. The van der Waals surface area contributed by atoms with E-state index in [1.54, 1.807) is 50.5 Å². The molecule has 0 aliphatic carbocycles. The Morgan fingerprint density at radius 3 is 2.05 bits per heavy atom. The van der Waals surface area contributed by atoms with Gasteiger partial charge in [0.25, 0.3) is 23.3 Å². The van der Waals surface area contributed by atoms with E-state index < -0.39 is 29.4 Å². The van der Waals surface area contributed by atoms with Crippen LogP contribution in [0.5, 0.6) is 17.4 Å². The van der Waals surface area contributed by atoms with Gasteiger partial charge in [0.1, 0.15) is 34.9 Å². The molecule has 11 aromatic rings. The Bertz CT molecular complexity index is 3980. The number of aromatic hydroxyl groups is 1. The fraction of sp³-hybridized carbons (Fsp3) is 0.143. The fourth-order valence-electron chi connectivity index (χ4n) is 9.31. The lowest BCUT2D eigenvalue weighted by atomic mass is 10.1. The van der Waals surface area contributed by atoms with Crippen LogP contribution < -0.4 is 25.7 Å². The van der Waals surface area contributed by atoms with Crippen molar-refractivity contribution in [2.75, 3.05) is 20.8 Å². The normalized spacial score (nSPS) is 12.9. The van der Waals surface area contributed by atoms with E-state index in [1.165, 1.54) is 11.7 Å². The lowest BCUT2D eigenvalue weighted by molar-refractivity contribution is 0.0515. The molecule has 0 atom stereocenters. The number of hydrogen-bond acceptors (Lipinski definition) is 10. The zero-order chi connectivity index (χ0) is 45.2. The molecule has 0 fully saturated rings. The summed E-state index contributed by atoms with van der Waals surface area (Å²) in [5.41, 5.74) is 5.34. The number of nitrogens with zero attached hydrogens (tertiary/aromatic N) is 4. The molecule has 0 saturated carbocycles. The Labute approximate surface area is 365 Å². The van der Waals surface area contributed by atoms with Crippen LogP contribution in [0.4, 0.5) is 4.79 Å². The Hall–Kier alpha value is -8.66. The number of carbonyl (C=O) groups excluding carboxylic acids is 4. The molecule has 4 aromatic carbocycles. The van der Waals surface area contributed by atoms with Crippen molar-refractivity contribution in [1.29, 1.82) is 0 Å². The summed E-state index contributed by atoms with van der Waals surface area (Å²) in [5.74, 6) is -0.429. The van der Waals surface area contributed by atoms with Gasteiger partial charge in [0.05, 0.1) is 69.3 Å². The van der Waals surface area contributed by atoms with Gasteiger partial charge < -0.3 is 33.4 Å². The van der Waals surface area contributed by atoms with Crippen molar-refractivity contribution in [2.45, 2.75) is 26.4 Å². The molecule has 3 amide bonds. The van der Waals surface area contributed by atoms with Gasteiger partial charge in [-0.25, -0.2) is 9.78 Å². The van der Waals surface area contributed by atoms with E-state index in [0.717, 1.165) is 49.1 Å². The molecule has 0 bridgehead atoms. The molecule has 0 radical (unpaired) electrons. The number of aromatic amines is 1. The molecule has 7 aromatic heterocycles. The molecule has 1 aliphatic heterocycles. The van der Waals surface area contributed by atoms with Gasteiger partial charge in [-0.1, -0.05) is 36.4 Å². The summed E-state index contributed by atoms with van der Waals surface area (Å²) < 4.78 is 21.2. The molecule has 322 valence electrons. The van der Waals surface area contributed by atoms with Crippen molar-refractivity contribution in [1.82, 2.24) is 34.0 Å². The second-order valence-electron chi connectivity index (χ2n) is 16.8. The van der Waals surface area contributed by atoms with Crippen molar-refractivity contribution in [3.63, 3.8) is 0 Å². The quantitative estimate of drug-likeness (QED) is 0.126. The number of fused-ring (bicyclic) bond motifs is 20. The monoisotopic (exact) mass is 867 g/mol. The van der Waals surface area contributed by atoms with E-state index in [2.05, 4.69) is 15.6 Å². The first-order valence-corrected chi connectivity index (χ1v) is 20.6. The van der Waals surface area contributed by atoms with Gasteiger partial charge in [0.2, 0.25) is 5.88 Å². The van der Waals surface area contributed by atoms with Crippen LogP contribution in [0.25, 0.3) is 87.4 Å². The molecule has 0 unspecified atom stereocenters. The van der Waals surface area contributed by atoms with Gasteiger partial charge in [0, 0.05) is 32.3 Å². The fourth-order valence-corrected chi connectivity index (χ4v) is 9.31. The number of amides is 3. The van der Waals surface area contributed by atoms with E-state index in [0.29, 0.717) is 49.7 Å². The molecule has 65 heavy (non-hydrogen) atoms. The molecule has 8 heterocycles. The maximum absolute atomic E-state index is 13.7. The zero-order valence-electron chi connectivity index (χ0n) is 35.4. The maximum atomic E-state index is 13.7. The predicted octanol–water partition coefficient (Wildman–Crippen LogP) is 8.04. The van der Waals surface area contributed by atoms with Crippen LogP contribution in [0.3, 0.4) is 0 Å². The Morgan fingerprint density at radius 1 is 0.708 bits per heavy atom. The number of ether oxygens (including phenoxy) is 3. The average Bonchev–Trinajstić information content (AvgIpc) is 4.12. The highest BCUT2D eigenvalue weighted by Crippen LogP contribution is 2.42. The number of imide groups is 1. The number of para-hydroxylation sites is 2. The van der Waals surface area contributed by atoms with Gasteiger partial charge in [-0.05, 0) is 81.4 Å². The van der Waals surface area contributed by atoms with Crippen LogP contribution in [0.15, 0.2) is 102 Å². The van der Waals surface area contributed by atoms with Crippen molar-refractivity contribution in [3.8, 4) is 17.4 Å². The third kappa shape index (κ3) is 5.76. The molecule has 4 N–H and O–H groups in total. The molecule has 12 rings (SSSR count). The first-order valence-electron chi connectivity index (χ1n) is 20.6. The van der Waals surface area contributed by atoms with Gasteiger partial charge in [-0.15, -0.1) is 0 Å². The van der Waals surface area contributed by atoms with Crippen LogP contribution in [0.2, 0.25) is 0 Å². The largest absolute Gasteiger partial charge is 0.497 e. The third-order valence-corrected chi connectivity index (χ3v) is 11.8. The highest BCUT2D eigenvalue weighted by Gasteiger charge is 2.36. The summed E-state index contributed by atoms with van der Waals surface area (Å²) in [5, 5.41) is 20.3. The number of carbonyl (C=O) groups is 4. The number of alkyl carbamates (subject to hydrolysis) is 1. The van der Waals surface area contributed by atoms with Crippen LogP contribution in [-0.2, 0) is 4.74 Å². The van der Waals surface area contributed by atoms with Gasteiger partial charge in [-0.2, -0.15) is 0 Å². The summed E-state index contributed by atoms with van der Waals surface area (Å²) in [4.78, 5) is 72.4. The minimum atomic E-state index is -0.727. The van der Waals surface area contributed by atoms with Crippen molar-refractivity contribution in [3.05, 3.63) is 119 Å². The number of nitrogens with one attached hydrogen (secondary N) is 3. The molecular formula is C49H37N7O9. The van der Waals surface area contributed by atoms with Crippen LogP contribution in [0, 0.1) is 0 Å². The summed E-state index contributed by atoms with van der Waals surface area (Å²) in [6, 6.07) is 30.1. The lowest BCUT2D eigenvalue weighted by Gasteiger charge is -2.19. The van der Waals surface area contributed by atoms with E-state index >= 15 is 0 Å². The average molecular weight is 868 g/mol. The Kier molecular flexibility index (Phi) is 8.40. The summed E-state index contributed by atoms with van der Waals surface area (Å²) in [7, 11) is 3.13. The number of aromatic nitrogens is 5. The van der Waals surface area contributed by atoms with E-state index in [4.69, 9.17) is 19.2 Å². The summed E-state index contributed by atoms with van der Waals surface area (Å²) >= 11 is 0. The highest BCUT2D eigenvalue weighted by atomic mass is 16.6. The van der Waals surface area contributed by atoms with E-state index in [9.17, 15) is 29.1 Å².